The highest BCUT2D eigenvalue weighted by Gasteiger charge is 2.26. The number of alkyl halides is 4. The fourth-order valence-corrected chi connectivity index (χ4v) is 0.727. The Morgan fingerprint density at radius 3 is 1.69 bits per heavy atom. The normalized spacial score (nSPS) is 28.3. The van der Waals surface area contributed by atoms with Crippen LogP contribution in [0.4, 0.5) is 17.6 Å². The van der Waals surface area contributed by atoms with E-state index in [9.17, 15) is 17.6 Å². The van der Waals surface area contributed by atoms with Gasteiger partial charge in [0.25, 0.3) is 6.43 Å². The van der Waals surface area contributed by atoms with Crippen molar-refractivity contribution in [3.63, 3.8) is 0 Å². The topological polar surface area (TPSA) is 34.3 Å². The molecular weight excluding hydrogens is 232 g/mol. The molecule has 0 aromatic heterocycles. The van der Waals surface area contributed by atoms with Gasteiger partial charge in [-0.2, -0.15) is 0 Å². The van der Waals surface area contributed by atoms with Gasteiger partial charge in [0.05, 0.1) is 26.4 Å². The van der Waals surface area contributed by atoms with Crippen LogP contribution in [-0.4, -0.2) is 57.9 Å². The molecule has 0 aromatic carbocycles. The molecule has 2 aliphatic heterocycles. The number of hydrogen-bond acceptors (Lipinski definition) is 3. The Morgan fingerprint density at radius 2 is 1.50 bits per heavy atom. The van der Waals surface area contributed by atoms with Crippen LogP contribution in [0.15, 0.2) is 0 Å². The molecule has 0 saturated carbocycles. The first-order valence-electron chi connectivity index (χ1n) is 4.92. The van der Waals surface area contributed by atoms with Crippen molar-refractivity contribution >= 4 is 0 Å². The van der Waals surface area contributed by atoms with E-state index in [2.05, 4.69) is 0 Å². The minimum Gasteiger partial charge on any atom is -0.376 e. The fraction of sp³-hybridized carbons (Fsp3) is 1.00. The second-order valence-electron chi connectivity index (χ2n) is 3.45. The monoisotopic (exact) mass is 246 g/mol. The molecule has 0 spiro atoms. The van der Waals surface area contributed by atoms with Gasteiger partial charge in [0.1, 0.15) is 18.9 Å². The summed E-state index contributed by atoms with van der Waals surface area (Å²) in [5, 5.41) is 0. The maximum atomic E-state index is 11.1. The van der Waals surface area contributed by atoms with Crippen molar-refractivity contribution in [3.8, 4) is 0 Å². The summed E-state index contributed by atoms with van der Waals surface area (Å²) in [6.45, 7) is 1.66. The summed E-state index contributed by atoms with van der Waals surface area (Å²) >= 11 is 0. The van der Waals surface area contributed by atoms with Gasteiger partial charge in [-0.1, -0.05) is 0 Å². The van der Waals surface area contributed by atoms with Crippen LogP contribution in [0, 0.1) is 0 Å². The zero-order valence-electron chi connectivity index (χ0n) is 8.58. The number of halogens is 4. The van der Waals surface area contributed by atoms with E-state index in [1.165, 1.54) is 0 Å². The Hall–Kier alpha value is -0.400. The van der Waals surface area contributed by atoms with E-state index in [4.69, 9.17) is 14.2 Å². The quantitative estimate of drug-likeness (QED) is 0.524. The van der Waals surface area contributed by atoms with Gasteiger partial charge in [-0.25, -0.2) is 17.6 Å². The molecule has 2 saturated heterocycles. The van der Waals surface area contributed by atoms with Crippen LogP contribution in [0.3, 0.4) is 0 Å². The summed E-state index contributed by atoms with van der Waals surface area (Å²) in [5.74, 6) is 0. The van der Waals surface area contributed by atoms with Crippen molar-refractivity contribution in [2.75, 3.05) is 33.1 Å². The zero-order chi connectivity index (χ0) is 12.0. The SMILES string of the molecule is C(OCC1CO1)C1CO1.FCC(F)C(F)F. The minimum absolute atomic E-state index is 0.392. The second kappa shape index (κ2) is 7.03. The first-order valence-corrected chi connectivity index (χ1v) is 4.92. The predicted molar refractivity (Wildman–Crippen MR) is 47.2 cm³/mol. The summed E-state index contributed by atoms with van der Waals surface area (Å²) in [6, 6.07) is 0. The number of rotatable bonds is 6. The van der Waals surface area contributed by atoms with Gasteiger partial charge >= 0.3 is 0 Å². The van der Waals surface area contributed by atoms with E-state index >= 15 is 0 Å². The smallest absolute Gasteiger partial charge is 0.271 e. The standard InChI is InChI=1S/C6H10O3.C3H4F4/c1(5-3-8-5)7-2-6-4-9-6;4-1-2(5)3(6)7/h5-6H,1-4H2;2-3H,1H2. The molecule has 3 atom stereocenters. The van der Waals surface area contributed by atoms with E-state index in [1.807, 2.05) is 0 Å². The lowest BCUT2D eigenvalue weighted by atomic mass is 10.4. The van der Waals surface area contributed by atoms with E-state index in [0.717, 1.165) is 26.4 Å². The van der Waals surface area contributed by atoms with Crippen molar-refractivity contribution in [1.29, 1.82) is 0 Å². The zero-order valence-corrected chi connectivity index (χ0v) is 8.58. The summed E-state index contributed by atoms with van der Waals surface area (Å²) < 4.78 is 58.7. The highest BCUT2D eigenvalue weighted by atomic mass is 19.3. The first-order chi connectivity index (χ1) is 7.63. The van der Waals surface area contributed by atoms with Gasteiger partial charge in [-0.15, -0.1) is 0 Å². The Kier molecular flexibility index (Phi) is 6.00. The largest absolute Gasteiger partial charge is 0.376 e. The van der Waals surface area contributed by atoms with Crippen LogP contribution in [0.5, 0.6) is 0 Å². The van der Waals surface area contributed by atoms with Crippen LogP contribution >= 0.6 is 0 Å². The molecule has 96 valence electrons. The van der Waals surface area contributed by atoms with Gasteiger partial charge in [0.15, 0.2) is 6.17 Å². The van der Waals surface area contributed by atoms with Crippen molar-refractivity contribution in [2.45, 2.75) is 24.8 Å². The maximum Gasteiger partial charge on any atom is 0.271 e. The van der Waals surface area contributed by atoms with Gasteiger partial charge < -0.3 is 14.2 Å². The predicted octanol–water partition coefficient (Wildman–Crippen LogP) is 1.36. The molecule has 2 aliphatic rings. The van der Waals surface area contributed by atoms with Crippen molar-refractivity contribution in [1.82, 2.24) is 0 Å². The van der Waals surface area contributed by atoms with Gasteiger partial charge in [-0.3, -0.25) is 0 Å². The van der Waals surface area contributed by atoms with E-state index < -0.39 is 19.3 Å². The Bertz CT molecular complexity index is 174. The second-order valence-corrected chi connectivity index (χ2v) is 3.45. The molecular formula is C9H14F4O3. The van der Waals surface area contributed by atoms with E-state index in [1.54, 1.807) is 0 Å². The van der Waals surface area contributed by atoms with Gasteiger partial charge in [0.2, 0.25) is 0 Å². The lowest BCUT2D eigenvalue weighted by Gasteiger charge is -1.96. The van der Waals surface area contributed by atoms with Crippen LogP contribution in [0.1, 0.15) is 0 Å². The molecule has 0 N–H and O–H groups in total. The molecule has 2 rings (SSSR count). The molecule has 2 heterocycles. The lowest BCUT2D eigenvalue weighted by molar-refractivity contribution is 0.0363. The molecule has 7 heteroatoms. The number of epoxide rings is 2. The summed E-state index contributed by atoms with van der Waals surface area (Å²) in [4.78, 5) is 0. The van der Waals surface area contributed by atoms with Crippen molar-refractivity contribution in [2.24, 2.45) is 0 Å². The molecule has 3 unspecified atom stereocenters. The Labute approximate surface area is 90.7 Å². The first kappa shape index (κ1) is 13.7. The maximum absolute atomic E-state index is 11.1. The van der Waals surface area contributed by atoms with Crippen molar-refractivity contribution < 1.29 is 31.8 Å². The highest BCUT2D eigenvalue weighted by molar-refractivity contribution is 4.71. The molecule has 0 aromatic rings. The fourth-order valence-electron chi connectivity index (χ4n) is 0.727. The average molecular weight is 246 g/mol. The Morgan fingerprint density at radius 1 is 1.06 bits per heavy atom. The minimum atomic E-state index is -3.18. The molecule has 16 heavy (non-hydrogen) atoms. The van der Waals surface area contributed by atoms with Crippen molar-refractivity contribution in [3.05, 3.63) is 0 Å². The summed E-state index contributed by atoms with van der Waals surface area (Å²) in [6.07, 6.45) is -4.99. The molecule has 3 nitrogen and oxygen atoms in total. The number of ether oxygens (including phenoxy) is 3. The van der Waals surface area contributed by atoms with E-state index in [0.29, 0.717) is 12.2 Å². The summed E-state index contributed by atoms with van der Waals surface area (Å²) in [7, 11) is 0. The van der Waals surface area contributed by atoms with Gasteiger partial charge in [-0.05, 0) is 0 Å². The van der Waals surface area contributed by atoms with Crippen LogP contribution in [-0.2, 0) is 14.2 Å². The van der Waals surface area contributed by atoms with Crippen LogP contribution in [0.2, 0.25) is 0 Å². The molecule has 0 aliphatic carbocycles. The number of hydrogen-bond donors (Lipinski definition) is 0. The van der Waals surface area contributed by atoms with E-state index in [-0.39, 0.29) is 0 Å². The third-order valence-corrected chi connectivity index (χ3v) is 1.83. The average Bonchev–Trinajstić information content (AvgIpc) is 3.11. The van der Waals surface area contributed by atoms with Crippen LogP contribution < -0.4 is 0 Å². The highest BCUT2D eigenvalue weighted by Crippen LogP contribution is 2.12. The summed E-state index contributed by atoms with van der Waals surface area (Å²) in [5.41, 5.74) is 0. The van der Waals surface area contributed by atoms with Crippen LogP contribution in [0.25, 0.3) is 0 Å². The lowest BCUT2D eigenvalue weighted by Crippen LogP contribution is -2.13. The molecule has 0 amide bonds. The molecule has 0 radical (unpaired) electrons. The third-order valence-electron chi connectivity index (χ3n) is 1.83. The third kappa shape index (κ3) is 6.97. The Balaban J connectivity index is 0.000000168. The molecule has 0 bridgehead atoms. The van der Waals surface area contributed by atoms with Gasteiger partial charge in [0, 0.05) is 0 Å². The molecule has 2 fully saturated rings.